The summed E-state index contributed by atoms with van der Waals surface area (Å²) in [5, 5.41) is 5.07. The average Bonchev–Trinajstić information content (AvgIpc) is 2.35. The van der Waals surface area contributed by atoms with Crippen LogP contribution in [0.5, 0.6) is 5.75 Å². The molecule has 98 valence electrons. The Kier molecular flexibility index (Phi) is 5.70. The minimum atomic E-state index is -0.638. The highest BCUT2D eigenvalue weighted by molar-refractivity contribution is 5.82. The van der Waals surface area contributed by atoms with E-state index >= 15 is 0 Å². The van der Waals surface area contributed by atoms with Gasteiger partial charge in [0.1, 0.15) is 12.3 Å². The standard InChI is InChI=1S/C13H18N2O3/c1-10(2)8-14-12(16)9-15-13(17)18-11-6-4-3-5-7-11/h3-7,10H,8-9H2,1-2H3,(H,14,16)(H,15,17). The van der Waals surface area contributed by atoms with Crippen LogP contribution in [0.2, 0.25) is 0 Å². The number of hydrogen-bond donors (Lipinski definition) is 2. The van der Waals surface area contributed by atoms with E-state index in [1.807, 2.05) is 19.9 Å². The Morgan fingerprint density at radius 2 is 1.83 bits per heavy atom. The van der Waals surface area contributed by atoms with Gasteiger partial charge in [-0.3, -0.25) is 4.79 Å². The Hall–Kier alpha value is -2.04. The van der Waals surface area contributed by atoms with E-state index in [9.17, 15) is 9.59 Å². The zero-order chi connectivity index (χ0) is 13.4. The van der Waals surface area contributed by atoms with Crippen molar-refractivity contribution < 1.29 is 14.3 Å². The zero-order valence-electron chi connectivity index (χ0n) is 10.6. The molecule has 5 nitrogen and oxygen atoms in total. The first-order valence-corrected chi connectivity index (χ1v) is 5.85. The second-order valence-corrected chi connectivity index (χ2v) is 4.25. The van der Waals surface area contributed by atoms with Crippen molar-refractivity contribution in [1.82, 2.24) is 10.6 Å². The maximum Gasteiger partial charge on any atom is 0.413 e. The summed E-state index contributed by atoms with van der Waals surface area (Å²) >= 11 is 0. The van der Waals surface area contributed by atoms with E-state index in [4.69, 9.17) is 4.74 Å². The van der Waals surface area contributed by atoms with E-state index < -0.39 is 6.09 Å². The first-order chi connectivity index (χ1) is 8.58. The highest BCUT2D eigenvalue weighted by Crippen LogP contribution is 2.07. The lowest BCUT2D eigenvalue weighted by Gasteiger charge is -2.08. The number of amides is 2. The number of benzene rings is 1. The van der Waals surface area contributed by atoms with Gasteiger partial charge in [0.05, 0.1) is 0 Å². The first kappa shape index (κ1) is 14.0. The molecule has 0 fully saturated rings. The van der Waals surface area contributed by atoms with E-state index in [2.05, 4.69) is 10.6 Å². The molecule has 2 N–H and O–H groups in total. The monoisotopic (exact) mass is 250 g/mol. The van der Waals surface area contributed by atoms with Crippen LogP contribution in [0.25, 0.3) is 0 Å². The third kappa shape index (κ3) is 5.89. The molecule has 0 aliphatic heterocycles. The number of rotatable bonds is 5. The first-order valence-electron chi connectivity index (χ1n) is 5.85. The third-order valence-corrected chi connectivity index (χ3v) is 2.05. The summed E-state index contributed by atoms with van der Waals surface area (Å²) in [7, 11) is 0. The minimum absolute atomic E-state index is 0.0849. The van der Waals surface area contributed by atoms with Crippen LogP contribution < -0.4 is 15.4 Å². The predicted molar refractivity (Wildman–Crippen MR) is 68.3 cm³/mol. The lowest BCUT2D eigenvalue weighted by atomic mass is 10.2. The number of hydrogen-bond acceptors (Lipinski definition) is 3. The highest BCUT2D eigenvalue weighted by Gasteiger charge is 2.07. The van der Waals surface area contributed by atoms with Gasteiger partial charge < -0.3 is 15.4 Å². The molecule has 0 heterocycles. The lowest BCUT2D eigenvalue weighted by Crippen LogP contribution is -2.39. The Balaban J connectivity index is 2.23. The van der Waals surface area contributed by atoms with Gasteiger partial charge in [-0.15, -0.1) is 0 Å². The largest absolute Gasteiger partial charge is 0.413 e. The van der Waals surface area contributed by atoms with Crippen molar-refractivity contribution in [2.45, 2.75) is 13.8 Å². The quantitative estimate of drug-likeness (QED) is 0.833. The van der Waals surface area contributed by atoms with Gasteiger partial charge in [0.2, 0.25) is 5.91 Å². The van der Waals surface area contributed by atoms with Crippen LogP contribution >= 0.6 is 0 Å². The molecule has 0 aliphatic rings. The molecule has 0 unspecified atom stereocenters. The summed E-state index contributed by atoms with van der Waals surface area (Å²) in [6.45, 7) is 4.50. The maximum absolute atomic E-state index is 11.3. The molecule has 2 amide bonds. The van der Waals surface area contributed by atoms with E-state index in [1.54, 1.807) is 24.3 Å². The molecule has 0 radical (unpaired) electrons. The van der Waals surface area contributed by atoms with Crippen molar-refractivity contribution >= 4 is 12.0 Å². The van der Waals surface area contributed by atoms with Gasteiger partial charge in [-0.2, -0.15) is 0 Å². The summed E-state index contributed by atoms with van der Waals surface area (Å²) < 4.78 is 4.96. The molecule has 1 rings (SSSR count). The summed E-state index contributed by atoms with van der Waals surface area (Å²) in [4.78, 5) is 22.7. The fraction of sp³-hybridized carbons (Fsp3) is 0.385. The number of para-hydroxylation sites is 1. The summed E-state index contributed by atoms with van der Waals surface area (Å²) in [5.74, 6) is 0.594. The van der Waals surface area contributed by atoms with Crippen LogP contribution in [-0.4, -0.2) is 25.1 Å². The molecule has 1 aromatic rings. The molecular formula is C13H18N2O3. The van der Waals surface area contributed by atoms with Crippen LogP contribution in [0.3, 0.4) is 0 Å². The Bertz CT molecular complexity index is 390. The van der Waals surface area contributed by atoms with Crippen LogP contribution in [0.15, 0.2) is 30.3 Å². The number of carbonyl (C=O) groups is 2. The smallest absolute Gasteiger partial charge is 0.410 e. The molecule has 0 aliphatic carbocycles. The molecule has 0 aromatic heterocycles. The van der Waals surface area contributed by atoms with Crippen molar-refractivity contribution in [2.24, 2.45) is 5.92 Å². The van der Waals surface area contributed by atoms with Crippen molar-refractivity contribution in [3.05, 3.63) is 30.3 Å². The highest BCUT2D eigenvalue weighted by atomic mass is 16.6. The van der Waals surface area contributed by atoms with Gasteiger partial charge in [0, 0.05) is 6.54 Å². The maximum atomic E-state index is 11.3. The van der Waals surface area contributed by atoms with Gasteiger partial charge in [-0.25, -0.2) is 4.79 Å². The average molecular weight is 250 g/mol. The van der Waals surface area contributed by atoms with Crippen LogP contribution in [0, 0.1) is 5.92 Å². The lowest BCUT2D eigenvalue weighted by molar-refractivity contribution is -0.120. The summed E-state index contributed by atoms with van der Waals surface area (Å²) in [6, 6.07) is 8.68. The Labute approximate surface area is 107 Å². The van der Waals surface area contributed by atoms with E-state index in [0.717, 1.165) is 0 Å². The molecule has 5 heteroatoms. The van der Waals surface area contributed by atoms with Crippen LogP contribution in [0.1, 0.15) is 13.8 Å². The third-order valence-electron chi connectivity index (χ3n) is 2.05. The van der Waals surface area contributed by atoms with E-state index in [-0.39, 0.29) is 12.5 Å². The molecule has 0 saturated carbocycles. The second kappa shape index (κ2) is 7.32. The molecule has 0 saturated heterocycles. The van der Waals surface area contributed by atoms with Gasteiger partial charge in [-0.05, 0) is 18.1 Å². The summed E-state index contributed by atoms with van der Waals surface area (Å²) in [6.07, 6.45) is -0.638. The number of ether oxygens (including phenoxy) is 1. The molecule has 0 spiro atoms. The van der Waals surface area contributed by atoms with Crippen molar-refractivity contribution in [3.63, 3.8) is 0 Å². The van der Waals surface area contributed by atoms with Gasteiger partial charge in [-0.1, -0.05) is 32.0 Å². The Morgan fingerprint density at radius 3 is 2.44 bits per heavy atom. The molecule has 0 atom stereocenters. The minimum Gasteiger partial charge on any atom is -0.410 e. The molecule has 1 aromatic carbocycles. The molecule has 0 bridgehead atoms. The van der Waals surface area contributed by atoms with Gasteiger partial charge in [0.15, 0.2) is 0 Å². The van der Waals surface area contributed by atoms with E-state index in [1.165, 1.54) is 0 Å². The normalized spacial score (nSPS) is 9.94. The van der Waals surface area contributed by atoms with Gasteiger partial charge in [0.25, 0.3) is 0 Å². The predicted octanol–water partition coefficient (Wildman–Crippen LogP) is 1.55. The van der Waals surface area contributed by atoms with Crippen LogP contribution in [0.4, 0.5) is 4.79 Å². The Morgan fingerprint density at radius 1 is 1.17 bits per heavy atom. The van der Waals surface area contributed by atoms with Crippen molar-refractivity contribution in [1.29, 1.82) is 0 Å². The van der Waals surface area contributed by atoms with Crippen molar-refractivity contribution in [2.75, 3.05) is 13.1 Å². The zero-order valence-corrected chi connectivity index (χ0v) is 10.6. The van der Waals surface area contributed by atoms with Crippen LogP contribution in [-0.2, 0) is 4.79 Å². The SMILES string of the molecule is CC(C)CNC(=O)CNC(=O)Oc1ccccc1. The van der Waals surface area contributed by atoms with Gasteiger partial charge >= 0.3 is 6.09 Å². The fourth-order valence-corrected chi connectivity index (χ4v) is 1.16. The fourth-order valence-electron chi connectivity index (χ4n) is 1.16. The molecular weight excluding hydrogens is 232 g/mol. The van der Waals surface area contributed by atoms with Crippen molar-refractivity contribution in [3.8, 4) is 5.75 Å². The topological polar surface area (TPSA) is 67.4 Å². The number of carbonyl (C=O) groups excluding carboxylic acids is 2. The second-order valence-electron chi connectivity index (χ2n) is 4.25. The summed E-state index contributed by atoms with van der Waals surface area (Å²) in [5.41, 5.74) is 0. The van der Waals surface area contributed by atoms with E-state index in [0.29, 0.717) is 18.2 Å². The number of nitrogens with one attached hydrogen (secondary N) is 2. The molecule has 18 heavy (non-hydrogen) atoms.